The summed E-state index contributed by atoms with van der Waals surface area (Å²) in [6.45, 7) is 0.323. The molecule has 0 radical (unpaired) electrons. The molecule has 0 aromatic heterocycles. The van der Waals surface area contributed by atoms with E-state index in [9.17, 15) is 14.7 Å². The predicted octanol–water partition coefficient (Wildman–Crippen LogP) is 5.30. The van der Waals surface area contributed by atoms with E-state index in [2.05, 4.69) is 0 Å². The van der Waals surface area contributed by atoms with Gasteiger partial charge in [-0.05, 0) is 55.4 Å². The van der Waals surface area contributed by atoms with Gasteiger partial charge in [0, 0.05) is 23.0 Å². The van der Waals surface area contributed by atoms with Gasteiger partial charge in [0.05, 0.1) is 26.2 Å². The summed E-state index contributed by atoms with van der Waals surface area (Å²) < 4.78 is 17.8. The van der Waals surface area contributed by atoms with Gasteiger partial charge in [-0.2, -0.15) is 0 Å². The van der Waals surface area contributed by atoms with Crippen molar-refractivity contribution >= 4 is 11.8 Å². The lowest BCUT2D eigenvalue weighted by Gasteiger charge is -2.34. The fourth-order valence-corrected chi connectivity index (χ4v) is 6.07. The van der Waals surface area contributed by atoms with E-state index in [1.165, 1.54) is 0 Å². The van der Waals surface area contributed by atoms with Gasteiger partial charge in [0.1, 0.15) is 0 Å². The number of hydrogen-bond donors (Lipinski definition) is 1. The molecule has 2 aromatic rings. The number of carboxylic acids is 1. The Labute approximate surface area is 193 Å². The number of carbonyl (C=O) groups excluding carboxylic acids is 1. The van der Waals surface area contributed by atoms with Gasteiger partial charge >= 0.3 is 5.97 Å². The lowest BCUT2D eigenvalue weighted by molar-refractivity contribution is -0.154. The van der Waals surface area contributed by atoms with Crippen molar-refractivity contribution in [1.29, 1.82) is 0 Å². The average molecular weight is 451 g/mol. The maximum Gasteiger partial charge on any atom is 0.310 e. The largest absolute Gasteiger partial charge is 0.493 e. The maximum absolute atomic E-state index is 12.4. The fraction of sp³-hybridized carbons (Fsp3) is 0.481. The minimum absolute atomic E-state index is 0.163. The van der Waals surface area contributed by atoms with Gasteiger partial charge in [0.25, 0.3) is 0 Å². The molecule has 3 aliphatic rings. The van der Waals surface area contributed by atoms with E-state index < -0.39 is 11.4 Å². The normalized spacial score (nSPS) is 19.8. The van der Waals surface area contributed by atoms with Crippen LogP contribution in [-0.4, -0.2) is 37.7 Å². The Morgan fingerprint density at radius 2 is 1.64 bits per heavy atom. The Morgan fingerprint density at radius 3 is 2.27 bits per heavy atom. The van der Waals surface area contributed by atoms with Crippen LogP contribution in [0.3, 0.4) is 0 Å². The Hall–Kier alpha value is -3.02. The van der Waals surface area contributed by atoms with Crippen LogP contribution >= 0.6 is 0 Å². The molecular formula is C27H30O6. The van der Waals surface area contributed by atoms with Crippen molar-refractivity contribution in [3.05, 3.63) is 41.5 Å². The zero-order valence-corrected chi connectivity index (χ0v) is 19.2. The smallest absolute Gasteiger partial charge is 0.310 e. The summed E-state index contributed by atoms with van der Waals surface area (Å²) in [5.74, 6) is 1.06. The summed E-state index contributed by atoms with van der Waals surface area (Å²) in [6, 6.07) is 9.58. The highest BCUT2D eigenvalue weighted by Gasteiger charge is 2.64. The van der Waals surface area contributed by atoms with Crippen LogP contribution in [0.2, 0.25) is 0 Å². The lowest BCUT2D eigenvalue weighted by atomic mass is 9.71. The molecule has 3 aliphatic carbocycles. The molecule has 0 amide bonds. The van der Waals surface area contributed by atoms with Crippen LogP contribution in [0.5, 0.6) is 17.2 Å². The highest BCUT2D eigenvalue weighted by Crippen LogP contribution is 2.65. The zero-order valence-electron chi connectivity index (χ0n) is 19.2. The summed E-state index contributed by atoms with van der Waals surface area (Å²) in [6.07, 6.45) is 6.25. The van der Waals surface area contributed by atoms with E-state index in [0.29, 0.717) is 49.5 Å². The molecule has 2 aromatic carbocycles. The topological polar surface area (TPSA) is 82.1 Å². The first-order chi connectivity index (χ1) is 16.0. The molecule has 0 saturated heterocycles. The van der Waals surface area contributed by atoms with Crippen LogP contribution in [-0.2, 0) is 11.2 Å². The second-order valence-corrected chi connectivity index (χ2v) is 9.60. The number of rotatable bonds is 8. The van der Waals surface area contributed by atoms with E-state index in [4.69, 9.17) is 14.2 Å². The standard InChI is InChI=1S/C27H30O6/c1-31-22-11-9-20(17-6-5-7-19-18(17)8-10-21(19)28)23(24(22)32-2)33-16-26(14-15-26)27(25(29)30)12-3-4-13-27/h5-7,9,11H,3-4,8,10,12-16H2,1-2H3,(H,29,30). The molecule has 0 bridgehead atoms. The predicted molar refractivity (Wildman–Crippen MR) is 123 cm³/mol. The molecule has 2 fully saturated rings. The number of carboxylic acid groups (broad SMARTS) is 1. The third kappa shape index (κ3) is 3.30. The molecule has 6 heteroatoms. The summed E-state index contributed by atoms with van der Waals surface area (Å²) in [5.41, 5.74) is 2.52. The SMILES string of the molecule is COc1ccc(-c2cccc3c2CCC3=O)c(OCC2(C3(C(=O)O)CCCC3)CC2)c1OC. The maximum atomic E-state index is 12.4. The van der Waals surface area contributed by atoms with Crippen LogP contribution in [0, 0.1) is 10.8 Å². The van der Waals surface area contributed by atoms with Gasteiger partial charge in [0.2, 0.25) is 5.75 Å². The Kier molecular flexibility index (Phi) is 5.34. The van der Waals surface area contributed by atoms with Crippen molar-refractivity contribution in [2.75, 3.05) is 20.8 Å². The van der Waals surface area contributed by atoms with Crippen LogP contribution in [0.4, 0.5) is 0 Å². The summed E-state index contributed by atoms with van der Waals surface area (Å²) >= 11 is 0. The molecule has 0 aliphatic heterocycles. The van der Waals surface area contributed by atoms with Crippen LogP contribution < -0.4 is 14.2 Å². The van der Waals surface area contributed by atoms with E-state index in [1.807, 2.05) is 30.3 Å². The van der Waals surface area contributed by atoms with Crippen LogP contribution in [0.25, 0.3) is 11.1 Å². The number of fused-ring (bicyclic) bond motifs is 1. The van der Waals surface area contributed by atoms with Gasteiger partial charge in [-0.1, -0.05) is 31.0 Å². The quantitative estimate of drug-likeness (QED) is 0.587. The van der Waals surface area contributed by atoms with E-state index >= 15 is 0 Å². The monoisotopic (exact) mass is 450 g/mol. The van der Waals surface area contributed by atoms with Gasteiger partial charge in [-0.15, -0.1) is 0 Å². The molecule has 2 saturated carbocycles. The number of ketones is 1. The zero-order chi connectivity index (χ0) is 23.2. The highest BCUT2D eigenvalue weighted by molar-refractivity contribution is 6.02. The third-order valence-electron chi connectivity index (χ3n) is 8.10. The van der Waals surface area contributed by atoms with Crippen LogP contribution in [0.15, 0.2) is 30.3 Å². The highest BCUT2D eigenvalue weighted by atomic mass is 16.5. The average Bonchev–Trinajstić information content (AvgIpc) is 3.26. The second kappa shape index (κ2) is 8.08. The van der Waals surface area contributed by atoms with Crippen molar-refractivity contribution in [2.24, 2.45) is 10.8 Å². The van der Waals surface area contributed by atoms with E-state index in [-0.39, 0.29) is 11.2 Å². The van der Waals surface area contributed by atoms with Gasteiger partial charge in [-0.25, -0.2) is 0 Å². The van der Waals surface area contributed by atoms with E-state index in [0.717, 1.165) is 47.9 Å². The molecule has 1 N–H and O–H groups in total. The molecule has 0 heterocycles. The van der Waals surface area contributed by atoms with Gasteiger partial charge in [-0.3, -0.25) is 9.59 Å². The van der Waals surface area contributed by atoms with Crippen LogP contribution in [0.1, 0.15) is 60.9 Å². The third-order valence-corrected chi connectivity index (χ3v) is 8.10. The molecule has 0 unspecified atom stereocenters. The molecule has 0 spiro atoms. The van der Waals surface area contributed by atoms with E-state index in [1.54, 1.807) is 14.2 Å². The fourth-order valence-electron chi connectivity index (χ4n) is 6.07. The summed E-state index contributed by atoms with van der Waals surface area (Å²) in [7, 11) is 3.16. The number of aliphatic carboxylic acids is 1. The first kappa shape index (κ1) is 21.8. The number of ether oxygens (including phenoxy) is 3. The van der Waals surface area contributed by atoms with Gasteiger partial charge < -0.3 is 19.3 Å². The Morgan fingerprint density at radius 1 is 0.909 bits per heavy atom. The Bertz CT molecular complexity index is 1110. The number of hydrogen-bond acceptors (Lipinski definition) is 5. The number of Topliss-reactive ketones (excluding diaryl/α,β-unsaturated/α-hetero) is 1. The molecule has 5 rings (SSSR count). The molecular weight excluding hydrogens is 420 g/mol. The van der Waals surface area contributed by atoms with Gasteiger partial charge in [0.15, 0.2) is 17.3 Å². The van der Waals surface area contributed by atoms with Crippen molar-refractivity contribution in [1.82, 2.24) is 0 Å². The van der Waals surface area contributed by atoms with Crippen molar-refractivity contribution in [2.45, 2.75) is 51.4 Å². The van der Waals surface area contributed by atoms with Crippen molar-refractivity contribution < 1.29 is 28.9 Å². The first-order valence-electron chi connectivity index (χ1n) is 11.7. The summed E-state index contributed by atoms with van der Waals surface area (Å²) in [5, 5.41) is 10.2. The molecule has 33 heavy (non-hydrogen) atoms. The second-order valence-electron chi connectivity index (χ2n) is 9.60. The minimum atomic E-state index is -0.709. The number of benzene rings is 2. The first-order valence-corrected chi connectivity index (χ1v) is 11.7. The number of carbonyl (C=O) groups is 2. The lowest BCUT2D eigenvalue weighted by Crippen LogP contribution is -2.41. The minimum Gasteiger partial charge on any atom is -0.493 e. The molecule has 174 valence electrons. The molecule has 6 nitrogen and oxygen atoms in total. The number of methoxy groups -OCH3 is 2. The summed E-state index contributed by atoms with van der Waals surface area (Å²) in [4.78, 5) is 24.7. The Balaban J connectivity index is 1.57. The molecule has 0 atom stereocenters. The van der Waals surface area contributed by atoms with Crippen molar-refractivity contribution in [3.8, 4) is 28.4 Å². The van der Waals surface area contributed by atoms with Crippen molar-refractivity contribution in [3.63, 3.8) is 0 Å².